The number of nitrogens with zero attached hydrogens (tertiary/aromatic N) is 3. The number of hydrogen-bond acceptors (Lipinski definition) is 7. The lowest BCUT2D eigenvalue weighted by atomic mass is 10.3. The van der Waals surface area contributed by atoms with E-state index < -0.39 is 0 Å². The number of anilines is 2. The SMILES string of the molecule is COCCOc1ccnc(Nc2ccc3nc(C4CC4)sc3c2)n1. The van der Waals surface area contributed by atoms with Gasteiger partial charge in [-0.1, -0.05) is 0 Å². The third-order valence-corrected chi connectivity index (χ3v) is 4.94. The Labute approximate surface area is 143 Å². The summed E-state index contributed by atoms with van der Waals surface area (Å²) in [7, 11) is 1.64. The van der Waals surface area contributed by atoms with E-state index in [0.717, 1.165) is 11.2 Å². The van der Waals surface area contributed by atoms with Crippen LogP contribution in [0.15, 0.2) is 30.5 Å². The molecule has 3 aromatic rings. The van der Waals surface area contributed by atoms with E-state index in [1.54, 1.807) is 30.7 Å². The van der Waals surface area contributed by atoms with Crippen molar-refractivity contribution in [2.75, 3.05) is 25.6 Å². The Bertz CT molecular complexity index is 847. The van der Waals surface area contributed by atoms with Gasteiger partial charge in [0.15, 0.2) is 0 Å². The molecule has 1 aliphatic rings. The van der Waals surface area contributed by atoms with E-state index in [4.69, 9.17) is 14.5 Å². The summed E-state index contributed by atoms with van der Waals surface area (Å²) in [5, 5.41) is 4.48. The molecular formula is C17H18N4O2S. The smallest absolute Gasteiger partial charge is 0.230 e. The van der Waals surface area contributed by atoms with E-state index in [9.17, 15) is 0 Å². The number of methoxy groups -OCH3 is 1. The average Bonchev–Trinajstić information content (AvgIpc) is 3.35. The first-order valence-corrected chi connectivity index (χ1v) is 8.76. The molecule has 0 amide bonds. The lowest BCUT2D eigenvalue weighted by molar-refractivity contribution is 0.144. The fourth-order valence-electron chi connectivity index (χ4n) is 2.37. The maximum atomic E-state index is 5.51. The summed E-state index contributed by atoms with van der Waals surface area (Å²) in [5.74, 6) is 1.72. The number of fused-ring (bicyclic) bond motifs is 1. The van der Waals surface area contributed by atoms with Crippen LogP contribution < -0.4 is 10.1 Å². The van der Waals surface area contributed by atoms with Gasteiger partial charge in [-0.15, -0.1) is 11.3 Å². The van der Waals surface area contributed by atoms with Gasteiger partial charge >= 0.3 is 0 Å². The predicted molar refractivity (Wildman–Crippen MR) is 94.3 cm³/mol. The molecule has 0 aliphatic heterocycles. The van der Waals surface area contributed by atoms with Crippen molar-refractivity contribution >= 4 is 33.2 Å². The highest BCUT2D eigenvalue weighted by atomic mass is 32.1. The van der Waals surface area contributed by atoms with Gasteiger partial charge in [-0.25, -0.2) is 9.97 Å². The first kappa shape index (κ1) is 15.3. The molecule has 1 aromatic carbocycles. The van der Waals surface area contributed by atoms with Crippen LogP contribution in [0.1, 0.15) is 23.8 Å². The summed E-state index contributed by atoms with van der Waals surface area (Å²) in [6.45, 7) is 0.988. The Hall–Kier alpha value is -2.25. The zero-order valence-corrected chi connectivity index (χ0v) is 14.2. The molecule has 2 heterocycles. The molecule has 1 N–H and O–H groups in total. The number of rotatable bonds is 7. The number of hydrogen-bond donors (Lipinski definition) is 1. The first-order chi connectivity index (χ1) is 11.8. The van der Waals surface area contributed by atoms with Gasteiger partial charge in [0.25, 0.3) is 0 Å². The van der Waals surface area contributed by atoms with Gasteiger partial charge in [-0.3, -0.25) is 0 Å². The van der Waals surface area contributed by atoms with Crippen molar-refractivity contribution < 1.29 is 9.47 Å². The van der Waals surface area contributed by atoms with Gasteiger partial charge in [-0.05, 0) is 31.0 Å². The highest BCUT2D eigenvalue weighted by Crippen LogP contribution is 2.43. The van der Waals surface area contributed by atoms with Crippen molar-refractivity contribution in [2.24, 2.45) is 0 Å². The second-order valence-corrected chi connectivity index (χ2v) is 6.76. The molecule has 2 aromatic heterocycles. The van der Waals surface area contributed by atoms with Crippen molar-refractivity contribution in [2.45, 2.75) is 18.8 Å². The van der Waals surface area contributed by atoms with Gasteiger partial charge < -0.3 is 14.8 Å². The largest absolute Gasteiger partial charge is 0.475 e. The lowest BCUT2D eigenvalue weighted by Gasteiger charge is -2.07. The minimum Gasteiger partial charge on any atom is -0.475 e. The fraction of sp³-hybridized carbons (Fsp3) is 0.353. The van der Waals surface area contributed by atoms with Crippen molar-refractivity contribution in [3.63, 3.8) is 0 Å². The van der Waals surface area contributed by atoms with Crippen LogP contribution in [-0.2, 0) is 4.74 Å². The molecule has 7 heteroatoms. The van der Waals surface area contributed by atoms with Crippen molar-refractivity contribution in [3.05, 3.63) is 35.5 Å². The molecule has 1 fully saturated rings. The topological polar surface area (TPSA) is 69.2 Å². The Kier molecular flexibility index (Phi) is 4.27. The summed E-state index contributed by atoms with van der Waals surface area (Å²) in [6.07, 6.45) is 4.22. The quantitative estimate of drug-likeness (QED) is 0.660. The second-order valence-electron chi connectivity index (χ2n) is 5.69. The van der Waals surface area contributed by atoms with Crippen LogP contribution in [0.2, 0.25) is 0 Å². The van der Waals surface area contributed by atoms with Crippen LogP contribution >= 0.6 is 11.3 Å². The molecule has 6 nitrogen and oxygen atoms in total. The molecule has 124 valence electrons. The van der Waals surface area contributed by atoms with Crippen molar-refractivity contribution in [1.29, 1.82) is 0 Å². The second kappa shape index (κ2) is 6.70. The van der Waals surface area contributed by atoms with Crippen molar-refractivity contribution in [3.8, 4) is 5.88 Å². The third kappa shape index (κ3) is 3.47. The van der Waals surface area contributed by atoms with Gasteiger partial charge in [0, 0.05) is 31.0 Å². The van der Waals surface area contributed by atoms with Crippen LogP contribution in [0.4, 0.5) is 11.6 Å². The van der Waals surface area contributed by atoms with E-state index in [1.165, 1.54) is 22.5 Å². The number of aromatic nitrogens is 3. The van der Waals surface area contributed by atoms with E-state index >= 15 is 0 Å². The first-order valence-electron chi connectivity index (χ1n) is 7.94. The number of nitrogens with one attached hydrogen (secondary N) is 1. The Morgan fingerprint density at radius 2 is 2.12 bits per heavy atom. The fourth-order valence-corrected chi connectivity index (χ4v) is 3.54. The van der Waals surface area contributed by atoms with E-state index in [2.05, 4.69) is 21.4 Å². The molecule has 1 saturated carbocycles. The number of benzene rings is 1. The standard InChI is InChI=1S/C17H18N4O2S/c1-22-8-9-23-15-6-7-18-17(21-15)19-12-4-5-13-14(10-12)24-16(20-13)11-2-3-11/h4-7,10-11H,2-3,8-9H2,1H3,(H,18,19,21). The molecule has 0 spiro atoms. The Balaban J connectivity index is 1.49. The molecule has 1 aliphatic carbocycles. The summed E-state index contributed by atoms with van der Waals surface area (Å²) >= 11 is 1.78. The normalized spacial score (nSPS) is 14.0. The van der Waals surface area contributed by atoms with E-state index in [0.29, 0.717) is 31.0 Å². The van der Waals surface area contributed by atoms with Crippen LogP contribution in [0.25, 0.3) is 10.2 Å². The lowest BCUT2D eigenvalue weighted by Crippen LogP contribution is -2.06. The predicted octanol–water partition coefficient (Wildman–Crippen LogP) is 3.73. The summed E-state index contributed by atoms with van der Waals surface area (Å²) in [4.78, 5) is 13.3. The average molecular weight is 342 g/mol. The summed E-state index contributed by atoms with van der Waals surface area (Å²) in [5.41, 5.74) is 2.01. The highest BCUT2D eigenvalue weighted by Gasteiger charge is 2.26. The van der Waals surface area contributed by atoms with Crippen LogP contribution in [0.3, 0.4) is 0 Å². The van der Waals surface area contributed by atoms with Crippen LogP contribution in [0, 0.1) is 0 Å². The van der Waals surface area contributed by atoms with Crippen LogP contribution in [-0.4, -0.2) is 35.3 Å². The zero-order valence-electron chi connectivity index (χ0n) is 13.4. The number of thiazole rings is 1. The Morgan fingerprint density at radius 3 is 2.96 bits per heavy atom. The molecule has 4 rings (SSSR count). The summed E-state index contributed by atoms with van der Waals surface area (Å²) < 4.78 is 11.7. The number of ether oxygens (including phenoxy) is 2. The summed E-state index contributed by atoms with van der Waals surface area (Å²) in [6, 6.07) is 7.87. The van der Waals surface area contributed by atoms with Gasteiger partial charge in [0.1, 0.15) is 6.61 Å². The molecule has 0 radical (unpaired) electrons. The van der Waals surface area contributed by atoms with E-state index in [-0.39, 0.29) is 0 Å². The monoisotopic (exact) mass is 342 g/mol. The van der Waals surface area contributed by atoms with Crippen molar-refractivity contribution in [1.82, 2.24) is 15.0 Å². The molecular weight excluding hydrogens is 324 g/mol. The molecule has 0 saturated heterocycles. The highest BCUT2D eigenvalue weighted by molar-refractivity contribution is 7.18. The molecule has 0 unspecified atom stereocenters. The van der Waals surface area contributed by atoms with E-state index in [1.807, 2.05) is 12.1 Å². The Morgan fingerprint density at radius 1 is 1.21 bits per heavy atom. The van der Waals surface area contributed by atoms with Gasteiger partial charge in [-0.2, -0.15) is 4.98 Å². The molecule has 0 atom stereocenters. The van der Waals surface area contributed by atoms with Gasteiger partial charge in [0.2, 0.25) is 11.8 Å². The minimum atomic E-state index is 0.462. The third-order valence-electron chi connectivity index (χ3n) is 3.76. The minimum absolute atomic E-state index is 0.462. The molecule has 0 bridgehead atoms. The zero-order chi connectivity index (χ0) is 16.4. The van der Waals surface area contributed by atoms with Crippen LogP contribution in [0.5, 0.6) is 5.88 Å². The maximum absolute atomic E-state index is 5.51. The maximum Gasteiger partial charge on any atom is 0.230 e. The molecule has 24 heavy (non-hydrogen) atoms. The van der Waals surface area contributed by atoms with Gasteiger partial charge in [0.05, 0.1) is 21.8 Å².